The molecule has 0 spiro atoms. The van der Waals surface area contributed by atoms with Crippen molar-refractivity contribution < 1.29 is 4.74 Å². The van der Waals surface area contributed by atoms with Gasteiger partial charge in [-0.3, -0.25) is 0 Å². The number of methoxy groups -OCH3 is 1. The molecule has 1 aromatic heterocycles. The maximum absolute atomic E-state index is 5.06. The van der Waals surface area contributed by atoms with Crippen LogP contribution in [0.3, 0.4) is 0 Å². The molecule has 2 aromatic rings. The molecule has 4 heteroatoms. The van der Waals surface area contributed by atoms with E-state index in [-0.39, 0.29) is 0 Å². The predicted molar refractivity (Wildman–Crippen MR) is 52.6 cm³/mol. The first kappa shape index (κ1) is 8.74. The number of hydrogen-bond acceptors (Lipinski definition) is 3. The van der Waals surface area contributed by atoms with Crippen LogP contribution in [0.4, 0.5) is 0 Å². The third-order valence-electron chi connectivity index (χ3n) is 1.91. The Morgan fingerprint density at radius 1 is 1.21 bits per heavy atom. The molecular formula is C10H11N3O. The molecule has 0 fully saturated rings. The molecule has 4 nitrogen and oxygen atoms in total. The molecule has 2 rings (SSSR count). The number of aryl methyl sites for hydroxylation is 1. The molecule has 0 aliphatic rings. The molecule has 1 aromatic carbocycles. The van der Waals surface area contributed by atoms with Gasteiger partial charge in [0.1, 0.15) is 5.75 Å². The lowest BCUT2D eigenvalue weighted by atomic mass is 10.3. The normalized spacial score (nSPS) is 10.1. The lowest BCUT2D eigenvalue weighted by Crippen LogP contribution is -1.98. The second kappa shape index (κ2) is 3.49. The van der Waals surface area contributed by atoms with Crippen molar-refractivity contribution in [2.24, 2.45) is 0 Å². The van der Waals surface area contributed by atoms with Crippen LogP contribution in [0.1, 0.15) is 5.69 Å². The highest BCUT2D eigenvalue weighted by atomic mass is 16.5. The Morgan fingerprint density at radius 2 is 1.93 bits per heavy atom. The van der Waals surface area contributed by atoms with Gasteiger partial charge in [0.25, 0.3) is 0 Å². The molecular weight excluding hydrogens is 178 g/mol. The standard InChI is InChI=1S/C10H11N3O/c1-8-7-11-13(12-8)9-3-5-10(14-2)6-4-9/h3-7H,1-2H3. The molecule has 0 atom stereocenters. The molecule has 0 bridgehead atoms. The van der Waals surface area contributed by atoms with E-state index in [1.54, 1.807) is 18.1 Å². The van der Waals surface area contributed by atoms with Crippen LogP contribution in [0.5, 0.6) is 5.75 Å². The smallest absolute Gasteiger partial charge is 0.119 e. The average molecular weight is 189 g/mol. The van der Waals surface area contributed by atoms with Crippen LogP contribution in [0.2, 0.25) is 0 Å². The van der Waals surface area contributed by atoms with E-state index in [4.69, 9.17) is 4.74 Å². The second-order valence-corrected chi connectivity index (χ2v) is 2.97. The molecule has 72 valence electrons. The van der Waals surface area contributed by atoms with Crippen LogP contribution in [0, 0.1) is 6.92 Å². The number of nitrogens with zero attached hydrogens (tertiary/aromatic N) is 3. The average Bonchev–Trinajstić information content (AvgIpc) is 2.65. The summed E-state index contributed by atoms with van der Waals surface area (Å²) in [6.07, 6.45) is 1.73. The van der Waals surface area contributed by atoms with E-state index >= 15 is 0 Å². The zero-order chi connectivity index (χ0) is 9.97. The van der Waals surface area contributed by atoms with Gasteiger partial charge in [0.2, 0.25) is 0 Å². The number of ether oxygens (including phenoxy) is 1. The summed E-state index contributed by atoms with van der Waals surface area (Å²) in [6, 6.07) is 7.60. The Kier molecular flexibility index (Phi) is 2.18. The van der Waals surface area contributed by atoms with Gasteiger partial charge in [-0.1, -0.05) is 0 Å². The van der Waals surface area contributed by atoms with Crippen molar-refractivity contribution in [1.29, 1.82) is 0 Å². The Morgan fingerprint density at radius 3 is 2.43 bits per heavy atom. The predicted octanol–water partition coefficient (Wildman–Crippen LogP) is 1.58. The van der Waals surface area contributed by atoms with Crippen LogP contribution in [-0.2, 0) is 0 Å². The van der Waals surface area contributed by atoms with Gasteiger partial charge < -0.3 is 4.74 Å². The topological polar surface area (TPSA) is 39.9 Å². The quantitative estimate of drug-likeness (QED) is 0.720. The SMILES string of the molecule is COc1ccc(-n2ncc(C)n2)cc1. The molecule has 0 amide bonds. The lowest BCUT2D eigenvalue weighted by molar-refractivity contribution is 0.414. The molecule has 0 radical (unpaired) electrons. The Hall–Kier alpha value is -1.84. The van der Waals surface area contributed by atoms with Gasteiger partial charge in [0, 0.05) is 0 Å². The summed E-state index contributed by atoms with van der Waals surface area (Å²) in [5.74, 6) is 0.831. The van der Waals surface area contributed by atoms with Gasteiger partial charge in [-0.2, -0.15) is 15.0 Å². The molecule has 0 saturated heterocycles. The largest absolute Gasteiger partial charge is 0.497 e. The summed E-state index contributed by atoms with van der Waals surface area (Å²) in [5.41, 5.74) is 1.83. The molecule has 0 aliphatic heterocycles. The van der Waals surface area contributed by atoms with E-state index in [1.165, 1.54) is 0 Å². The summed E-state index contributed by atoms with van der Waals surface area (Å²) < 4.78 is 5.06. The summed E-state index contributed by atoms with van der Waals surface area (Å²) in [6.45, 7) is 1.91. The third kappa shape index (κ3) is 1.59. The monoisotopic (exact) mass is 189 g/mol. The van der Waals surface area contributed by atoms with Crippen LogP contribution in [0.25, 0.3) is 5.69 Å². The van der Waals surface area contributed by atoms with Crippen molar-refractivity contribution in [2.45, 2.75) is 6.92 Å². The molecule has 0 aliphatic carbocycles. The van der Waals surface area contributed by atoms with Gasteiger partial charge in [0.15, 0.2) is 0 Å². The zero-order valence-electron chi connectivity index (χ0n) is 8.14. The van der Waals surface area contributed by atoms with Crippen molar-refractivity contribution in [3.05, 3.63) is 36.2 Å². The van der Waals surface area contributed by atoms with Gasteiger partial charge in [-0.15, -0.1) is 0 Å². The third-order valence-corrected chi connectivity index (χ3v) is 1.91. The van der Waals surface area contributed by atoms with E-state index in [1.807, 2.05) is 31.2 Å². The molecule has 0 N–H and O–H groups in total. The highest BCUT2D eigenvalue weighted by Gasteiger charge is 1.99. The maximum atomic E-state index is 5.06. The van der Waals surface area contributed by atoms with Crippen molar-refractivity contribution in [3.63, 3.8) is 0 Å². The van der Waals surface area contributed by atoms with E-state index in [9.17, 15) is 0 Å². The molecule has 0 saturated carbocycles. The van der Waals surface area contributed by atoms with E-state index in [0.29, 0.717) is 0 Å². The Balaban J connectivity index is 2.33. The van der Waals surface area contributed by atoms with Crippen LogP contribution >= 0.6 is 0 Å². The summed E-state index contributed by atoms with van der Waals surface area (Å²) in [4.78, 5) is 1.59. The highest BCUT2D eigenvalue weighted by Crippen LogP contribution is 2.13. The first-order chi connectivity index (χ1) is 6.79. The fourth-order valence-corrected chi connectivity index (χ4v) is 1.18. The number of hydrogen-bond donors (Lipinski definition) is 0. The van der Waals surface area contributed by atoms with Crippen LogP contribution in [-0.4, -0.2) is 22.1 Å². The molecule has 0 unspecified atom stereocenters. The van der Waals surface area contributed by atoms with Crippen LogP contribution < -0.4 is 4.74 Å². The summed E-state index contributed by atoms with van der Waals surface area (Å²) in [7, 11) is 1.64. The van der Waals surface area contributed by atoms with E-state index < -0.39 is 0 Å². The van der Waals surface area contributed by atoms with Crippen molar-refractivity contribution in [3.8, 4) is 11.4 Å². The van der Waals surface area contributed by atoms with Gasteiger partial charge >= 0.3 is 0 Å². The first-order valence-electron chi connectivity index (χ1n) is 4.33. The maximum Gasteiger partial charge on any atom is 0.119 e. The van der Waals surface area contributed by atoms with Gasteiger partial charge in [0.05, 0.1) is 24.7 Å². The van der Waals surface area contributed by atoms with E-state index in [2.05, 4.69) is 10.2 Å². The molecule has 1 heterocycles. The van der Waals surface area contributed by atoms with Gasteiger partial charge in [-0.25, -0.2) is 0 Å². The number of rotatable bonds is 2. The number of aromatic nitrogens is 3. The van der Waals surface area contributed by atoms with Crippen LogP contribution in [0.15, 0.2) is 30.5 Å². The summed E-state index contributed by atoms with van der Waals surface area (Å²) >= 11 is 0. The Labute approximate surface area is 82.1 Å². The molecule has 14 heavy (non-hydrogen) atoms. The fraction of sp³-hybridized carbons (Fsp3) is 0.200. The van der Waals surface area contributed by atoms with Crippen molar-refractivity contribution in [2.75, 3.05) is 7.11 Å². The first-order valence-corrected chi connectivity index (χ1v) is 4.33. The minimum atomic E-state index is 0.831. The lowest BCUT2D eigenvalue weighted by Gasteiger charge is -2.01. The number of benzene rings is 1. The van der Waals surface area contributed by atoms with Gasteiger partial charge in [-0.05, 0) is 31.2 Å². The van der Waals surface area contributed by atoms with Crippen molar-refractivity contribution in [1.82, 2.24) is 15.0 Å². The Bertz CT molecular complexity index is 419. The zero-order valence-corrected chi connectivity index (χ0v) is 8.14. The summed E-state index contributed by atoms with van der Waals surface area (Å²) in [5, 5.41) is 8.31. The van der Waals surface area contributed by atoms with Crippen molar-refractivity contribution >= 4 is 0 Å². The van der Waals surface area contributed by atoms with E-state index in [0.717, 1.165) is 17.1 Å². The second-order valence-electron chi connectivity index (χ2n) is 2.97. The fourth-order valence-electron chi connectivity index (χ4n) is 1.18. The highest BCUT2D eigenvalue weighted by molar-refractivity contribution is 5.35. The minimum absolute atomic E-state index is 0.831. The minimum Gasteiger partial charge on any atom is -0.497 e.